The van der Waals surface area contributed by atoms with E-state index in [9.17, 15) is 34.5 Å². The highest BCUT2D eigenvalue weighted by molar-refractivity contribution is 5.95. The van der Waals surface area contributed by atoms with Gasteiger partial charge in [0, 0.05) is 29.9 Å². The van der Waals surface area contributed by atoms with Crippen molar-refractivity contribution in [2.24, 2.45) is 5.73 Å². The Morgan fingerprint density at radius 2 is 1.38 bits per heavy atom. The normalized spacial score (nSPS) is 14.5. The van der Waals surface area contributed by atoms with Crippen LogP contribution < -0.4 is 21.7 Å². The zero-order valence-electron chi connectivity index (χ0n) is 24.6. The zero-order valence-corrected chi connectivity index (χ0v) is 24.6. The maximum Gasteiger partial charge on any atom is 0.326 e. The number of aromatic hydroxyl groups is 1. The first kappa shape index (κ1) is 32.7. The molecule has 0 saturated heterocycles. The zero-order chi connectivity index (χ0) is 32.5. The van der Waals surface area contributed by atoms with Crippen LogP contribution in [0.5, 0.6) is 5.75 Å². The van der Waals surface area contributed by atoms with Gasteiger partial charge < -0.3 is 42.0 Å². The minimum Gasteiger partial charge on any atom is -0.508 e. The first-order valence-corrected chi connectivity index (χ1v) is 14.5. The number of carboxylic acid groups (broad SMARTS) is 1. The molecule has 9 N–H and O–H groups in total. The van der Waals surface area contributed by atoms with Crippen molar-refractivity contribution in [1.29, 1.82) is 0 Å². The van der Waals surface area contributed by atoms with Crippen molar-refractivity contribution in [1.82, 2.24) is 20.9 Å². The van der Waals surface area contributed by atoms with Crippen molar-refractivity contribution in [2.75, 3.05) is 0 Å². The predicted molar refractivity (Wildman–Crippen MR) is 167 cm³/mol. The largest absolute Gasteiger partial charge is 0.508 e. The molecule has 0 aliphatic carbocycles. The lowest BCUT2D eigenvalue weighted by atomic mass is 10.0. The summed E-state index contributed by atoms with van der Waals surface area (Å²) in [6.45, 7) is 1.29. The van der Waals surface area contributed by atoms with E-state index in [1.807, 2.05) is 24.3 Å². The summed E-state index contributed by atoms with van der Waals surface area (Å²) in [7, 11) is 0. The van der Waals surface area contributed by atoms with Gasteiger partial charge in [-0.25, -0.2) is 4.79 Å². The maximum absolute atomic E-state index is 13.7. The number of aromatic amines is 1. The van der Waals surface area contributed by atoms with Crippen molar-refractivity contribution in [3.63, 3.8) is 0 Å². The van der Waals surface area contributed by atoms with Crippen LogP contribution in [0, 0.1) is 0 Å². The van der Waals surface area contributed by atoms with Gasteiger partial charge in [-0.15, -0.1) is 0 Å². The molecule has 236 valence electrons. The van der Waals surface area contributed by atoms with Gasteiger partial charge in [-0.1, -0.05) is 60.7 Å². The number of aromatic nitrogens is 1. The van der Waals surface area contributed by atoms with Crippen LogP contribution in [0.1, 0.15) is 23.6 Å². The first-order valence-electron chi connectivity index (χ1n) is 14.5. The minimum atomic E-state index is -1.52. The number of aliphatic hydroxyl groups is 1. The van der Waals surface area contributed by atoms with Crippen LogP contribution >= 0.6 is 0 Å². The van der Waals surface area contributed by atoms with Crippen molar-refractivity contribution >= 4 is 34.6 Å². The molecular formula is C33H37N5O7. The number of carbonyl (C=O) groups is 4. The Balaban J connectivity index is 1.52. The number of rotatable bonds is 14. The Morgan fingerprint density at radius 3 is 2.04 bits per heavy atom. The van der Waals surface area contributed by atoms with Crippen molar-refractivity contribution in [2.45, 2.75) is 56.5 Å². The minimum absolute atomic E-state index is 0.0133. The van der Waals surface area contributed by atoms with E-state index in [2.05, 4.69) is 20.9 Å². The first-order chi connectivity index (χ1) is 21.5. The summed E-state index contributed by atoms with van der Waals surface area (Å²) in [6.07, 6.45) is 0.451. The smallest absolute Gasteiger partial charge is 0.326 e. The van der Waals surface area contributed by atoms with Crippen LogP contribution in [0.3, 0.4) is 0 Å². The fourth-order valence-electron chi connectivity index (χ4n) is 4.96. The topological polar surface area (TPSA) is 207 Å². The molecule has 45 heavy (non-hydrogen) atoms. The van der Waals surface area contributed by atoms with Gasteiger partial charge in [0.05, 0.1) is 12.1 Å². The van der Waals surface area contributed by atoms with Gasteiger partial charge in [-0.3, -0.25) is 14.4 Å². The molecule has 0 saturated carbocycles. The van der Waals surface area contributed by atoms with Crippen LogP contribution in [0.25, 0.3) is 10.9 Å². The van der Waals surface area contributed by atoms with Gasteiger partial charge in [0.1, 0.15) is 23.9 Å². The van der Waals surface area contributed by atoms with E-state index >= 15 is 0 Å². The Kier molecular flexibility index (Phi) is 10.9. The molecule has 0 aliphatic rings. The number of phenols is 1. The highest BCUT2D eigenvalue weighted by Crippen LogP contribution is 2.20. The van der Waals surface area contributed by atoms with Crippen LogP contribution in [0.4, 0.5) is 0 Å². The summed E-state index contributed by atoms with van der Waals surface area (Å²) in [5.74, 6) is -3.52. The number of carboxylic acids is 1. The number of carbonyl (C=O) groups excluding carboxylic acids is 3. The van der Waals surface area contributed by atoms with Crippen LogP contribution in [0.2, 0.25) is 0 Å². The molecule has 5 atom stereocenters. The predicted octanol–water partition coefficient (Wildman–Crippen LogP) is 1.15. The lowest BCUT2D eigenvalue weighted by molar-refractivity contribution is -0.143. The van der Waals surface area contributed by atoms with E-state index in [4.69, 9.17) is 5.73 Å². The number of fused-ring (bicyclic) bond motifs is 1. The molecular weight excluding hydrogens is 578 g/mol. The molecule has 4 aromatic rings. The maximum atomic E-state index is 13.7. The molecule has 5 unspecified atom stereocenters. The van der Waals surface area contributed by atoms with Crippen molar-refractivity contribution in [3.05, 3.63) is 102 Å². The number of hydrogen-bond donors (Lipinski definition) is 8. The highest BCUT2D eigenvalue weighted by atomic mass is 16.4. The van der Waals surface area contributed by atoms with E-state index in [0.717, 1.165) is 10.9 Å². The average molecular weight is 616 g/mol. The number of benzene rings is 3. The SMILES string of the molecule is CC(O)C(NC(=O)C(Cc1c[nH]c2ccccc12)NC(=O)C(N)Cc1ccc(O)cc1)C(=O)NC(Cc1ccccc1)C(=O)O. The Hall–Kier alpha value is -5.20. The monoisotopic (exact) mass is 615 g/mol. The van der Waals surface area contributed by atoms with Gasteiger partial charge in [-0.05, 0) is 48.2 Å². The summed E-state index contributed by atoms with van der Waals surface area (Å²) in [6, 6.07) is 17.2. The lowest BCUT2D eigenvalue weighted by Crippen LogP contribution is -2.60. The molecule has 1 heterocycles. The summed E-state index contributed by atoms with van der Waals surface area (Å²) in [4.78, 5) is 55.2. The standard InChI is InChI=1S/C33H37N5O7/c1-19(39)29(32(43)37-28(33(44)45)16-20-7-3-2-4-8-20)38-31(42)27(17-22-18-35-26-10-6-5-9-24(22)26)36-30(41)25(34)15-21-11-13-23(40)14-12-21/h2-14,18-19,25,27-29,35,39-40H,15-17,34H2,1H3,(H,36,41)(H,37,43)(H,38,42)(H,44,45). The molecule has 0 bridgehead atoms. The molecule has 0 fully saturated rings. The third-order valence-corrected chi connectivity index (χ3v) is 7.42. The molecule has 3 amide bonds. The second-order valence-corrected chi connectivity index (χ2v) is 10.9. The fourth-order valence-corrected chi connectivity index (χ4v) is 4.96. The Morgan fingerprint density at radius 1 is 0.756 bits per heavy atom. The number of H-pyrrole nitrogens is 1. The van der Waals surface area contributed by atoms with Crippen LogP contribution in [0.15, 0.2) is 85.1 Å². The van der Waals surface area contributed by atoms with Crippen molar-refractivity contribution in [3.8, 4) is 5.75 Å². The van der Waals surface area contributed by atoms with Gasteiger partial charge in [-0.2, -0.15) is 0 Å². The van der Waals surface area contributed by atoms with Crippen LogP contribution in [-0.2, 0) is 38.4 Å². The molecule has 1 aromatic heterocycles. The molecule has 3 aromatic carbocycles. The van der Waals surface area contributed by atoms with Gasteiger partial charge in [0.25, 0.3) is 0 Å². The average Bonchev–Trinajstić information content (AvgIpc) is 3.43. The van der Waals surface area contributed by atoms with E-state index < -0.39 is 54.0 Å². The van der Waals surface area contributed by atoms with E-state index in [1.165, 1.54) is 19.1 Å². The number of nitrogens with two attached hydrogens (primary N) is 1. The molecule has 0 radical (unpaired) electrons. The van der Waals surface area contributed by atoms with Crippen LogP contribution in [-0.4, -0.2) is 74.3 Å². The molecule has 4 rings (SSSR count). The summed E-state index contributed by atoms with van der Waals surface area (Å²) in [5, 5.41) is 38.1. The molecule has 0 aliphatic heterocycles. The van der Waals surface area contributed by atoms with E-state index in [1.54, 1.807) is 48.7 Å². The van der Waals surface area contributed by atoms with Gasteiger partial charge in [0.2, 0.25) is 17.7 Å². The van der Waals surface area contributed by atoms with E-state index in [-0.39, 0.29) is 25.0 Å². The summed E-state index contributed by atoms with van der Waals surface area (Å²) >= 11 is 0. The quantitative estimate of drug-likeness (QED) is 0.103. The Bertz CT molecular complexity index is 1620. The molecule has 12 nitrogen and oxygen atoms in total. The highest BCUT2D eigenvalue weighted by Gasteiger charge is 2.33. The summed E-state index contributed by atoms with van der Waals surface area (Å²) in [5.41, 5.74) is 9.08. The Labute approximate surface area is 259 Å². The number of aliphatic hydroxyl groups excluding tert-OH is 1. The number of aliphatic carboxylic acids is 1. The lowest BCUT2D eigenvalue weighted by Gasteiger charge is -2.26. The van der Waals surface area contributed by atoms with Crippen molar-refractivity contribution < 1.29 is 34.5 Å². The van der Waals surface area contributed by atoms with Gasteiger partial charge in [0.15, 0.2) is 0 Å². The fraction of sp³-hybridized carbons (Fsp3) is 0.273. The molecule has 0 spiro atoms. The second kappa shape index (κ2) is 15.0. The number of hydrogen-bond acceptors (Lipinski definition) is 7. The number of para-hydroxylation sites is 1. The molecule has 12 heteroatoms. The number of amides is 3. The second-order valence-electron chi connectivity index (χ2n) is 10.9. The van der Waals surface area contributed by atoms with E-state index in [0.29, 0.717) is 16.7 Å². The van der Waals surface area contributed by atoms with Gasteiger partial charge >= 0.3 is 5.97 Å². The number of nitrogens with one attached hydrogen (secondary N) is 4. The third-order valence-electron chi connectivity index (χ3n) is 7.42. The number of phenolic OH excluding ortho intramolecular Hbond substituents is 1. The summed E-state index contributed by atoms with van der Waals surface area (Å²) < 4.78 is 0. The third kappa shape index (κ3) is 8.91.